The number of aromatic amines is 1. The quantitative estimate of drug-likeness (QED) is 0.617. The maximum Gasteiger partial charge on any atom is 0.416 e. The smallest absolute Gasteiger partial charge is 0.298 e. The highest BCUT2D eigenvalue weighted by Gasteiger charge is 2.30. The molecule has 0 aliphatic carbocycles. The van der Waals surface area contributed by atoms with Crippen LogP contribution in [0.3, 0.4) is 0 Å². The first-order chi connectivity index (χ1) is 8.38. The maximum absolute atomic E-state index is 13.4. The first kappa shape index (κ1) is 12.3. The van der Waals surface area contributed by atoms with Gasteiger partial charge >= 0.3 is 6.18 Å². The first-order valence-electron chi connectivity index (χ1n) is 4.94. The van der Waals surface area contributed by atoms with E-state index < -0.39 is 23.2 Å². The molecule has 0 aliphatic heterocycles. The minimum absolute atomic E-state index is 0.0542. The van der Waals surface area contributed by atoms with E-state index in [0.29, 0.717) is 0 Å². The molecule has 0 saturated heterocycles. The number of benzene rings is 1. The summed E-state index contributed by atoms with van der Waals surface area (Å²) in [6.45, 7) is 0. The fourth-order valence-corrected chi connectivity index (χ4v) is 1.54. The predicted molar refractivity (Wildman–Crippen MR) is 57.5 cm³/mol. The van der Waals surface area contributed by atoms with Gasteiger partial charge in [-0.25, -0.2) is 0 Å². The van der Waals surface area contributed by atoms with E-state index >= 15 is 0 Å². The molecule has 94 valence electrons. The summed E-state index contributed by atoms with van der Waals surface area (Å²) in [7, 11) is 0. The van der Waals surface area contributed by atoms with Crippen molar-refractivity contribution < 1.29 is 17.6 Å². The topological polar surface area (TPSA) is 32.9 Å². The van der Waals surface area contributed by atoms with Crippen molar-refractivity contribution in [3.8, 4) is 11.1 Å². The molecule has 0 radical (unpaired) electrons. The maximum atomic E-state index is 13.4. The Morgan fingerprint density at radius 2 is 1.78 bits per heavy atom. The fourth-order valence-electron chi connectivity index (χ4n) is 1.54. The van der Waals surface area contributed by atoms with Gasteiger partial charge in [0, 0.05) is 11.6 Å². The molecule has 2 nitrogen and oxygen atoms in total. The van der Waals surface area contributed by atoms with E-state index in [9.17, 15) is 22.4 Å². The molecular formula is C12H7F4NO. The summed E-state index contributed by atoms with van der Waals surface area (Å²) in [6, 6.07) is 6.45. The van der Waals surface area contributed by atoms with E-state index in [1.165, 1.54) is 12.1 Å². The average Bonchev–Trinajstić information content (AvgIpc) is 2.28. The molecule has 0 spiro atoms. The van der Waals surface area contributed by atoms with Crippen molar-refractivity contribution in [3.63, 3.8) is 0 Å². The standard InChI is InChI=1S/C12H7F4NO/c13-11-9(4-5-10(18)17-11)7-2-1-3-8(6-7)12(14,15)16/h1-6H,(H,17,18). The highest BCUT2D eigenvalue weighted by Crippen LogP contribution is 2.32. The first-order valence-corrected chi connectivity index (χ1v) is 4.94. The summed E-state index contributed by atoms with van der Waals surface area (Å²) in [5, 5.41) is 0. The normalized spacial score (nSPS) is 11.6. The van der Waals surface area contributed by atoms with Crippen molar-refractivity contribution in [1.29, 1.82) is 0 Å². The highest BCUT2D eigenvalue weighted by atomic mass is 19.4. The molecule has 1 N–H and O–H groups in total. The lowest BCUT2D eigenvalue weighted by Crippen LogP contribution is -2.07. The van der Waals surface area contributed by atoms with Gasteiger partial charge in [-0.3, -0.25) is 9.78 Å². The van der Waals surface area contributed by atoms with Gasteiger partial charge in [-0.05, 0) is 23.8 Å². The van der Waals surface area contributed by atoms with Crippen molar-refractivity contribution >= 4 is 0 Å². The van der Waals surface area contributed by atoms with E-state index in [4.69, 9.17) is 0 Å². The Morgan fingerprint density at radius 3 is 2.39 bits per heavy atom. The number of rotatable bonds is 1. The highest BCUT2D eigenvalue weighted by molar-refractivity contribution is 5.63. The Hall–Kier alpha value is -2.11. The van der Waals surface area contributed by atoms with Crippen molar-refractivity contribution in [2.75, 3.05) is 0 Å². The molecule has 0 fully saturated rings. The molecule has 0 bridgehead atoms. The van der Waals surface area contributed by atoms with Crippen molar-refractivity contribution in [3.05, 3.63) is 58.3 Å². The van der Waals surface area contributed by atoms with E-state index in [1.54, 1.807) is 0 Å². The van der Waals surface area contributed by atoms with Gasteiger partial charge in [-0.1, -0.05) is 12.1 Å². The third-order valence-corrected chi connectivity index (χ3v) is 2.37. The minimum atomic E-state index is -4.49. The van der Waals surface area contributed by atoms with Crippen LogP contribution in [0.1, 0.15) is 5.56 Å². The summed E-state index contributed by atoms with van der Waals surface area (Å²) >= 11 is 0. The second-order valence-corrected chi connectivity index (χ2v) is 3.63. The van der Waals surface area contributed by atoms with Gasteiger partial charge < -0.3 is 0 Å². The Bertz CT molecular complexity index is 630. The number of aromatic nitrogens is 1. The Kier molecular flexibility index (Phi) is 2.94. The number of pyridine rings is 1. The second-order valence-electron chi connectivity index (χ2n) is 3.63. The molecule has 2 aromatic rings. The van der Waals surface area contributed by atoms with Gasteiger partial charge in [0.2, 0.25) is 11.5 Å². The Labute approximate surface area is 98.9 Å². The molecule has 0 aliphatic rings. The van der Waals surface area contributed by atoms with Crippen LogP contribution < -0.4 is 5.56 Å². The molecule has 1 aromatic heterocycles. The summed E-state index contributed by atoms with van der Waals surface area (Å²) < 4.78 is 50.9. The lowest BCUT2D eigenvalue weighted by molar-refractivity contribution is -0.137. The third kappa shape index (κ3) is 2.42. The SMILES string of the molecule is O=c1ccc(-c2cccc(C(F)(F)F)c2)c(F)[nH]1. The number of halogens is 4. The van der Waals surface area contributed by atoms with Crippen molar-refractivity contribution in [1.82, 2.24) is 4.98 Å². The zero-order valence-corrected chi connectivity index (χ0v) is 8.88. The van der Waals surface area contributed by atoms with Crippen LogP contribution in [0.5, 0.6) is 0 Å². The van der Waals surface area contributed by atoms with Crippen LogP contribution in [0.4, 0.5) is 17.6 Å². The van der Waals surface area contributed by atoms with Gasteiger partial charge in [-0.2, -0.15) is 17.6 Å². The van der Waals surface area contributed by atoms with Gasteiger partial charge in [-0.15, -0.1) is 0 Å². The van der Waals surface area contributed by atoms with Crippen LogP contribution in [0.15, 0.2) is 41.2 Å². The molecule has 0 unspecified atom stereocenters. The number of H-pyrrole nitrogens is 1. The largest absolute Gasteiger partial charge is 0.416 e. The van der Waals surface area contributed by atoms with Crippen molar-refractivity contribution in [2.24, 2.45) is 0 Å². The molecule has 1 aromatic carbocycles. The molecular weight excluding hydrogens is 250 g/mol. The summed E-state index contributed by atoms with van der Waals surface area (Å²) in [6.07, 6.45) is -4.49. The number of hydrogen-bond acceptors (Lipinski definition) is 1. The number of hydrogen-bond donors (Lipinski definition) is 1. The van der Waals surface area contributed by atoms with Crippen LogP contribution >= 0.6 is 0 Å². The van der Waals surface area contributed by atoms with Gasteiger partial charge in [0.1, 0.15) is 0 Å². The predicted octanol–water partition coefficient (Wildman–Crippen LogP) is 3.20. The molecule has 2 rings (SSSR count). The van der Waals surface area contributed by atoms with E-state index in [0.717, 1.165) is 24.3 Å². The number of alkyl halides is 3. The average molecular weight is 257 g/mol. The van der Waals surface area contributed by atoms with E-state index in [1.807, 2.05) is 4.98 Å². The third-order valence-electron chi connectivity index (χ3n) is 2.37. The summed E-state index contributed by atoms with van der Waals surface area (Å²) in [5.41, 5.74) is -1.55. The lowest BCUT2D eigenvalue weighted by Gasteiger charge is -2.09. The van der Waals surface area contributed by atoms with Crippen LogP contribution in [-0.4, -0.2) is 4.98 Å². The van der Waals surface area contributed by atoms with Crippen LogP contribution in [0, 0.1) is 5.95 Å². The van der Waals surface area contributed by atoms with Crippen molar-refractivity contribution in [2.45, 2.75) is 6.18 Å². The van der Waals surface area contributed by atoms with E-state index in [-0.39, 0.29) is 11.1 Å². The fraction of sp³-hybridized carbons (Fsp3) is 0.0833. The molecule has 18 heavy (non-hydrogen) atoms. The lowest BCUT2D eigenvalue weighted by atomic mass is 10.0. The number of nitrogens with one attached hydrogen (secondary N) is 1. The van der Waals surface area contributed by atoms with Crippen LogP contribution in [0.2, 0.25) is 0 Å². The second kappa shape index (κ2) is 4.29. The minimum Gasteiger partial charge on any atom is -0.298 e. The Balaban J connectivity index is 2.55. The molecule has 0 atom stereocenters. The molecule has 1 heterocycles. The zero-order chi connectivity index (χ0) is 13.3. The molecule has 0 saturated carbocycles. The summed E-state index contributed by atoms with van der Waals surface area (Å²) in [5.74, 6) is -0.957. The van der Waals surface area contributed by atoms with Crippen LogP contribution in [-0.2, 0) is 6.18 Å². The Morgan fingerprint density at radius 1 is 1.06 bits per heavy atom. The monoisotopic (exact) mass is 257 g/mol. The van der Waals surface area contributed by atoms with Gasteiger partial charge in [0.25, 0.3) is 0 Å². The summed E-state index contributed by atoms with van der Waals surface area (Å²) in [4.78, 5) is 12.7. The zero-order valence-electron chi connectivity index (χ0n) is 8.88. The van der Waals surface area contributed by atoms with Gasteiger partial charge in [0.15, 0.2) is 0 Å². The van der Waals surface area contributed by atoms with E-state index in [2.05, 4.69) is 0 Å². The van der Waals surface area contributed by atoms with Gasteiger partial charge in [0.05, 0.1) is 5.56 Å². The molecule has 0 amide bonds. The van der Waals surface area contributed by atoms with Crippen LogP contribution in [0.25, 0.3) is 11.1 Å². The molecule has 6 heteroatoms.